The number of piperidine rings is 2. The standard InChI is InChI=1S/C14H28N2/c1-12-6-9-16(11-13(12)2)10-7-14-5-3-4-8-15-14/h12-15H,3-11H2,1-2H3. The highest BCUT2D eigenvalue weighted by molar-refractivity contribution is 4.78. The molecule has 2 heterocycles. The van der Waals surface area contributed by atoms with Crippen molar-refractivity contribution in [2.24, 2.45) is 11.8 Å². The number of rotatable bonds is 3. The van der Waals surface area contributed by atoms with Gasteiger partial charge in [-0.05, 0) is 57.2 Å². The third-order valence-corrected chi connectivity index (χ3v) is 4.62. The van der Waals surface area contributed by atoms with Crippen molar-refractivity contribution in [2.45, 2.75) is 52.0 Å². The van der Waals surface area contributed by atoms with E-state index in [1.165, 1.54) is 58.3 Å². The molecule has 0 aliphatic carbocycles. The second-order valence-electron chi connectivity index (χ2n) is 5.98. The van der Waals surface area contributed by atoms with Crippen molar-refractivity contribution < 1.29 is 0 Å². The predicted octanol–water partition coefficient (Wildman–Crippen LogP) is 2.50. The highest BCUT2D eigenvalue weighted by Crippen LogP contribution is 2.22. The molecule has 0 amide bonds. The van der Waals surface area contributed by atoms with Gasteiger partial charge in [0.25, 0.3) is 0 Å². The van der Waals surface area contributed by atoms with Crippen LogP contribution >= 0.6 is 0 Å². The molecule has 0 spiro atoms. The maximum atomic E-state index is 3.65. The van der Waals surface area contributed by atoms with E-state index < -0.39 is 0 Å². The molecular weight excluding hydrogens is 196 g/mol. The molecule has 16 heavy (non-hydrogen) atoms. The maximum Gasteiger partial charge on any atom is 0.00792 e. The van der Waals surface area contributed by atoms with E-state index in [-0.39, 0.29) is 0 Å². The average molecular weight is 224 g/mol. The Morgan fingerprint density at radius 3 is 2.69 bits per heavy atom. The van der Waals surface area contributed by atoms with Crippen LogP contribution in [0.3, 0.4) is 0 Å². The van der Waals surface area contributed by atoms with Crippen molar-refractivity contribution in [3.05, 3.63) is 0 Å². The molecular formula is C14H28N2. The summed E-state index contributed by atoms with van der Waals surface area (Å²) in [4.78, 5) is 2.68. The molecule has 94 valence electrons. The third-order valence-electron chi connectivity index (χ3n) is 4.62. The Kier molecular flexibility index (Phi) is 4.66. The second kappa shape index (κ2) is 6.02. The van der Waals surface area contributed by atoms with Crippen LogP contribution in [0, 0.1) is 11.8 Å². The fraction of sp³-hybridized carbons (Fsp3) is 1.00. The Balaban J connectivity index is 1.65. The van der Waals surface area contributed by atoms with Gasteiger partial charge >= 0.3 is 0 Å². The first-order chi connectivity index (χ1) is 7.75. The van der Waals surface area contributed by atoms with Crippen LogP contribution in [0.1, 0.15) is 46.0 Å². The van der Waals surface area contributed by atoms with E-state index in [2.05, 4.69) is 24.1 Å². The molecule has 2 aliphatic rings. The van der Waals surface area contributed by atoms with Crippen LogP contribution in [0.15, 0.2) is 0 Å². The number of nitrogens with zero attached hydrogens (tertiary/aromatic N) is 1. The molecule has 2 aliphatic heterocycles. The summed E-state index contributed by atoms with van der Waals surface area (Å²) in [6.45, 7) is 10.0. The van der Waals surface area contributed by atoms with E-state index in [0.29, 0.717) is 0 Å². The smallest absolute Gasteiger partial charge is 0.00792 e. The van der Waals surface area contributed by atoms with Gasteiger partial charge in [0.05, 0.1) is 0 Å². The summed E-state index contributed by atoms with van der Waals surface area (Å²) in [5.74, 6) is 1.83. The zero-order valence-corrected chi connectivity index (χ0v) is 11.0. The fourth-order valence-electron chi connectivity index (χ4n) is 3.06. The molecule has 2 rings (SSSR count). The number of hydrogen-bond donors (Lipinski definition) is 1. The minimum Gasteiger partial charge on any atom is -0.314 e. The topological polar surface area (TPSA) is 15.3 Å². The molecule has 3 atom stereocenters. The lowest BCUT2D eigenvalue weighted by molar-refractivity contribution is 0.131. The highest BCUT2D eigenvalue weighted by atomic mass is 15.1. The average Bonchev–Trinajstić information content (AvgIpc) is 2.32. The quantitative estimate of drug-likeness (QED) is 0.792. The minimum absolute atomic E-state index is 0.809. The summed E-state index contributed by atoms with van der Waals surface area (Å²) in [7, 11) is 0. The molecule has 2 nitrogen and oxygen atoms in total. The Labute approximate surface area is 101 Å². The molecule has 0 aromatic carbocycles. The van der Waals surface area contributed by atoms with Crippen LogP contribution in [0.5, 0.6) is 0 Å². The first-order valence-electron chi connectivity index (χ1n) is 7.21. The van der Waals surface area contributed by atoms with Gasteiger partial charge in [-0.3, -0.25) is 0 Å². The van der Waals surface area contributed by atoms with E-state index in [1.54, 1.807) is 0 Å². The maximum absolute atomic E-state index is 3.65. The van der Waals surface area contributed by atoms with E-state index in [4.69, 9.17) is 0 Å². The molecule has 1 N–H and O–H groups in total. The largest absolute Gasteiger partial charge is 0.314 e. The first-order valence-corrected chi connectivity index (χ1v) is 7.21. The monoisotopic (exact) mass is 224 g/mol. The van der Waals surface area contributed by atoms with Crippen LogP contribution in [0.25, 0.3) is 0 Å². The molecule has 0 radical (unpaired) electrons. The zero-order valence-electron chi connectivity index (χ0n) is 11.0. The zero-order chi connectivity index (χ0) is 11.4. The van der Waals surface area contributed by atoms with Gasteiger partial charge < -0.3 is 10.2 Å². The van der Waals surface area contributed by atoms with Crippen LogP contribution in [0.4, 0.5) is 0 Å². The number of hydrogen-bond acceptors (Lipinski definition) is 2. The normalized spacial score (nSPS) is 37.5. The molecule has 2 heteroatoms. The van der Waals surface area contributed by atoms with E-state index in [0.717, 1.165) is 17.9 Å². The van der Waals surface area contributed by atoms with E-state index in [9.17, 15) is 0 Å². The lowest BCUT2D eigenvalue weighted by atomic mass is 9.88. The van der Waals surface area contributed by atoms with Gasteiger partial charge in [-0.25, -0.2) is 0 Å². The summed E-state index contributed by atoms with van der Waals surface area (Å²) in [5, 5.41) is 3.65. The Bertz CT molecular complexity index is 199. The van der Waals surface area contributed by atoms with Crippen molar-refractivity contribution in [3.8, 4) is 0 Å². The van der Waals surface area contributed by atoms with Gasteiger partial charge in [0.2, 0.25) is 0 Å². The van der Waals surface area contributed by atoms with Crippen molar-refractivity contribution >= 4 is 0 Å². The molecule has 0 aromatic rings. The number of likely N-dealkylation sites (tertiary alicyclic amines) is 1. The van der Waals surface area contributed by atoms with Gasteiger partial charge in [-0.1, -0.05) is 20.3 Å². The summed E-state index contributed by atoms with van der Waals surface area (Å²) >= 11 is 0. The third kappa shape index (κ3) is 3.46. The van der Waals surface area contributed by atoms with Crippen molar-refractivity contribution in [3.63, 3.8) is 0 Å². The van der Waals surface area contributed by atoms with Gasteiger partial charge in [0.15, 0.2) is 0 Å². The van der Waals surface area contributed by atoms with E-state index in [1.807, 2.05) is 0 Å². The Morgan fingerprint density at radius 2 is 2.00 bits per heavy atom. The van der Waals surface area contributed by atoms with Crippen LogP contribution in [-0.4, -0.2) is 37.1 Å². The first kappa shape index (κ1) is 12.4. The number of nitrogens with one attached hydrogen (secondary N) is 1. The SMILES string of the molecule is CC1CCN(CCC2CCCCN2)CC1C. The lowest BCUT2D eigenvalue weighted by Gasteiger charge is -2.36. The molecule has 0 saturated carbocycles. The Morgan fingerprint density at radius 1 is 1.12 bits per heavy atom. The van der Waals surface area contributed by atoms with Crippen LogP contribution in [0.2, 0.25) is 0 Å². The summed E-state index contributed by atoms with van der Waals surface area (Å²) < 4.78 is 0. The molecule has 0 aromatic heterocycles. The summed E-state index contributed by atoms with van der Waals surface area (Å²) in [5.41, 5.74) is 0. The van der Waals surface area contributed by atoms with Gasteiger partial charge in [0.1, 0.15) is 0 Å². The highest BCUT2D eigenvalue weighted by Gasteiger charge is 2.23. The minimum atomic E-state index is 0.809. The van der Waals surface area contributed by atoms with E-state index >= 15 is 0 Å². The summed E-state index contributed by atoms with van der Waals surface area (Å²) in [6, 6.07) is 0.809. The predicted molar refractivity (Wildman–Crippen MR) is 69.6 cm³/mol. The fourth-order valence-corrected chi connectivity index (χ4v) is 3.06. The van der Waals surface area contributed by atoms with Crippen molar-refractivity contribution in [1.82, 2.24) is 10.2 Å². The van der Waals surface area contributed by atoms with Gasteiger partial charge in [0, 0.05) is 12.6 Å². The molecule has 0 bridgehead atoms. The molecule has 2 fully saturated rings. The van der Waals surface area contributed by atoms with Gasteiger partial charge in [-0.2, -0.15) is 0 Å². The lowest BCUT2D eigenvalue weighted by Crippen LogP contribution is -2.42. The second-order valence-corrected chi connectivity index (χ2v) is 5.98. The van der Waals surface area contributed by atoms with Gasteiger partial charge in [-0.15, -0.1) is 0 Å². The van der Waals surface area contributed by atoms with Crippen molar-refractivity contribution in [1.29, 1.82) is 0 Å². The molecule has 3 unspecified atom stereocenters. The van der Waals surface area contributed by atoms with Crippen molar-refractivity contribution in [2.75, 3.05) is 26.2 Å². The Hall–Kier alpha value is -0.0800. The van der Waals surface area contributed by atoms with Crippen LogP contribution in [-0.2, 0) is 0 Å². The molecule has 2 saturated heterocycles. The summed E-state index contributed by atoms with van der Waals surface area (Å²) in [6.07, 6.45) is 6.99. The van der Waals surface area contributed by atoms with Crippen LogP contribution < -0.4 is 5.32 Å².